The third-order valence-corrected chi connectivity index (χ3v) is 0.661. The second-order valence-corrected chi connectivity index (χ2v) is 1.76. The van der Waals surface area contributed by atoms with Gasteiger partial charge in [-0.25, -0.2) is 4.99 Å². The number of nitrogens with one attached hydrogen (secondary N) is 1. The molecule has 0 radical (unpaired) electrons. The van der Waals surface area contributed by atoms with Gasteiger partial charge in [0.05, 0.1) is 0 Å². The zero-order chi connectivity index (χ0) is 5.70. The van der Waals surface area contributed by atoms with E-state index in [9.17, 15) is 0 Å². The van der Waals surface area contributed by atoms with Crippen LogP contribution in [0.15, 0.2) is 4.99 Å². The molecular weight excluding hydrogens is 179 g/mol. The Hall–Kier alpha value is 0.110. The number of halogens is 2. The number of hydrogen-bond donors (Lipinski definition) is 1. The van der Waals surface area contributed by atoms with Crippen LogP contribution in [-0.4, -0.2) is 16.8 Å². The van der Waals surface area contributed by atoms with E-state index in [0.717, 1.165) is 0 Å². The standard InChI is InChI=1S/C3H4BrClN2/c4-1-2-7-3(5)6/h2,6H,1H2. The molecule has 7 heavy (non-hydrogen) atoms. The Morgan fingerprint density at radius 2 is 2.57 bits per heavy atom. The number of amidine groups is 1. The van der Waals surface area contributed by atoms with Gasteiger partial charge in [0, 0.05) is 11.5 Å². The van der Waals surface area contributed by atoms with E-state index in [1.54, 1.807) is 0 Å². The second kappa shape index (κ2) is 4.27. The fourth-order valence-electron chi connectivity index (χ4n) is 0.115. The third kappa shape index (κ3) is 6.11. The summed E-state index contributed by atoms with van der Waals surface area (Å²) in [6, 6.07) is 0. The van der Waals surface area contributed by atoms with Crippen LogP contribution in [0.3, 0.4) is 0 Å². The first-order chi connectivity index (χ1) is 3.27. The molecule has 2 nitrogen and oxygen atoms in total. The van der Waals surface area contributed by atoms with Gasteiger partial charge < -0.3 is 0 Å². The molecule has 0 bridgehead atoms. The molecule has 4 heteroatoms. The maximum atomic E-state index is 6.54. The zero-order valence-electron chi connectivity index (χ0n) is 3.49. The number of aliphatic imine (C=N–C) groups is 1. The van der Waals surface area contributed by atoms with Crippen LogP contribution in [0.4, 0.5) is 0 Å². The minimum absolute atomic E-state index is 0.181. The maximum Gasteiger partial charge on any atom is 0.214 e. The van der Waals surface area contributed by atoms with Crippen LogP contribution in [0.5, 0.6) is 0 Å². The summed E-state index contributed by atoms with van der Waals surface area (Å²) in [5, 5.41) is 7.00. The molecule has 0 aliphatic heterocycles. The molecule has 0 aromatic rings. The summed E-state index contributed by atoms with van der Waals surface area (Å²) in [6.07, 6.45) is 1.51. The van der Waals surface area contributed by atoms with E-state index < -0.39 is 0 Å². The summed E-state index contributed by atoms with van der Waals surface area (Å²) in [5.74, 6) is 0. The van der Waals surface area contributed by atoms with Crippen molar-refractivity contribution >= 4 is 39.0 Å². The molecule has 0 aliphatic rings. The van der Waals surface area contributed by atoms with Crippen molar-refractivity contribution in [3.8, 4) is 0 Å². The van der Waals surface area contributed by atoms with Crippen LogP contribution in [0.1, 0.15) is 0 Å². The average Bonchev–Trinajstić information content (AvgIpc) is 1.61. The Kier molecular flexibility index (Phi) is 4.34. The van der Waals surface area contributed by atoms with E-state index in [1.165, 1.54) is 6.21 Å². The van der Waals surface area contributed by atoms with Crippen LogP contribution in [0, 0.1) is 5.41 Å². The van der Waals surface area contributed by atoms with Crippen molar-refractivity contribution in [1.82, 2.24) is 0 Å². The Balaban J connectivity index is 3.26. The summed E-state index contributed by atoms with van der Waals surface area (Å²) >= 11 is 8.09. The topological polar surface area (TPSA) is 36.2 Å². The summed E-state index contributed by atoms with van der Waals surface area (Å²) < 4.78 is 0. The van der Waals surface area contributed by atoms with Crippen molar-refractivity contribution in [3.05, 3.63) is 0 Å². The van der Waals surface area contributed by atoms with E-state index in [4.69, 9.17) is 17.0 Å². The monoisotopic (exact) mass is 182 g/mol. The molecule has 0 atom stereocenters. The van der Waals surface area contributed by atoms with Crippen molar-refractivity contribution in [2.45, 2.75) is 0 Å². The van der Waals surface area contributed by atoms with E-state index >= 15 is 0 Å². The molecule has 0 saturated carbocycles. The lowest BCUT2D eigenvalue weighted by atomic mass is 10.9. The van der Waals surface area contributed by atoms with E-state index in [2.05, 4.69) is 20.9 Å². The molecule has 0 rings (SSSR count). The molecule has 0 aliphatic carbocycles. The molecular formula is C3H4BrClN2. The molecule has 0 heterocycles. The molecule has 0 saturated heterocycles. The molecule has 0 amide bonds. The molecule has 0 aromatic carbocycles. The normalized spacial score (nSPS) is 10.0. The lowest BCUT2D eigenvalue weighted by Crippen LogP contribution is -1.78. The Morgan fingerprint density at radius 3 is 2.71 bits per heavy atom. The van der Waals surface area contributed by atoms with Gasteiger partial charge in [-0.15, -0.1) is 0 Å². The number of alkyl halides is 1. The predicted molar refractivity (Wildman–Crippen MR) is 35.9 cm³/mol. The summed E-state index contributed by atoms with van der Waals surface area (Å²) in [4.78, 5) is 3.42. The van der Waals surface area contributed by atoms with Gasteiger partial charge in [-0.3, -0.25) is 5.41 Å². The minimum atomic E-state index is -0.181. The molecule has 40 valence electrons. The van der Waals surface area contributed by atoms with Crippen LogP contribution < -0.4 is 0 Å². The second-order valence-electron chi connectivity index (χ2n) is 0.757. The highest BCUT2D eigenvalue weighted by molar-refractivity contribution is 9.09. The van der Waals surface area contributed by atoms with E-state index in [-0.39, 0.29) is 5.29 Å². The van der Waals surface area contributed by atoms with Crippen molar-refractivity contribution < 1.29 is 0 Å². The van der Waals surface area contributed by atoms with Crippen molar-refractivity contribution in [2.24, 2.45) is 4.99 Å². The first kappa shape index (κ1) is 7.11. The van der Waals surface area contributed by atoms with Gasteiger partial charge in [-0.05, 0) is 11.6 Å². The van der Waals surface area contributed by atoms with Crippen LogP contribution in [0.25, 0.3) is 0 Å². The maximum absolute atomic E-state index is 6.54. The molecule has 0 aromatic heterocycles. The van der Waals surface area contributed by atoms with Gasteiger partial charge in [0.25, 0.3) is 0 Å². The minimum Gasteiger partial charge on any atom is -0.272 e. The van der Waals surface area contributed by atoms with Crippen LogP contribution >= 0.6 is 27.5 Å². The fraction of sp³-hybridized carbons (Fsp3) is 0.333. The van der Waals surface area contributed by atoms with Gasteiger partial charge >= 0.3 is 0 Å². The Bertz CT molecular complexity index is 90.9. The molecule has 1 N–H and O–H groups in total. The number of hydrogen-bond acceptors (Lipinski definition) is 1. The van der Waals surface area contributed by atoms with E-state index in [1.807, 2.05) is 0 Å². The highest BCUT2D eigenvalue weighted by atomic mass is 79.9. The van der Waals surface area contributed by atoms with Crippen molar-refractivity contribution in [1.29, 1.82) is 5.41 Å². The number of nitrogens with zero attached hydrogens (tertiary/aromatic N) is 1. The fourth-order valence-corrected chi connectivity index (χ4v) is 0.328. The van der Waals surface area contributed by atoms with Crippen molar-refractivity contribution in [3.63, 3.8) is 0 Å². The third-order valence-electron chi connectivity index (χ3n) is 0.274. The van der Waals surface area contributed by atoms with Gasteiger partial charge in [0.15, 0.2) is 0 Å². The lowest BCUT2D eigenvalue weighted by Gasteiger charge is -1.74. The highest BCUT2D eigenvalue weighted by Crippen LogP contribution is 1.80. The number of rotatable bonds is 1. The molecule has 0 fully saturated rings. The van der Waals surface area contributed by atoms with Gasteiger partial charge in [0.1, 0.15) is 0 Å². The lowest BCUT2D eigenvalue weighted by molar-refractivity contribution is 1.50. The van der Waals surface area contributed by atoms with Crippen molar-refractivity contribution in [2.75, 3.05) is 5.33 Å². The summed E-state index contributed by atoms with van der Waals surface area (Å²) in [6.45, 7) is 0. The summed E-state index contributed by atoms with van der Waals surface area (Å²) in [5.41, 5.74) is 0. The van der Waals surface area contributed by atoms with Gasteiger partial charge in [-0.2, -0.15) is 0 Å². The van der Waals surface area contributed by atoms with Gasteiger partial charge in [-0.1, -0.05) is 15.9 Å². The van der Waals surface area contributed by atoms with Crippen LogP contribution in [-0.2, 0) is 0 Å². The van der Waals surface area contributed by atoms with Crippen LogP contribution in [0.2, 0.25) is 0 Å². The first-order valence-corrected chi connectivity index (χ1v) is 3.10. The Morgan fingerprint density at radius 1 is 2.00 bits per heavy atom. The smallest absolute Gasteiger partial charge is 0.214 e. The van der Waals surface area contributed by atoms with E-state index in [0.29, 0.717) is 5.33 Å². The highest BCUT2D eigenvalue weighted by Gasteiger charge is 1.75. The Labute approximate surface area is 55.2 Å². The largest absolute Gasteiger partial charge is 0.272 e. The molecule has 0 spiro atoms. The quantitative estimate of drug-likeness (QED) is 0.278. The average molecular weight is 183 g/mol. The van der Waals surface area contributed by atoms with Gasteiger partial charge in [0.2, 0.25) is 5.29 Å². The first-order valence-electron chi connectivity index (χ1n) is 1.60. The zero-order valence-corrected chi connectivity index (χ0v) is 5.83. The summed E-state index contributed by atoms with van der Waals surface area (Å²) in [7, 11) is 0. The predicted octanol–water partition coefficient (Wildman–Crippen LogP) is 1.63. The molecule has 0 unspecified atom stereocenters. The SMILES string of the molecule is N=C(Cl)N=CCBr.